The Morgan fingerprint density at radius 2 is 2.43 bits per heavy atom. The van der Waals surface area contributed by atoms with Gasteiger partial charge in [-0.05, 0) is 18.8 Å². The van der Waals surface area contributed by atoms with Crippen LogP contribution >= 0.6 is 0 Å². The van der Waals surface area contributed by atoms with Crippen molar-refractivity contribution in [2.45, 2.75) is 12.8 Å². The number of nitro groups is 1. The van der Waals surface area contributed by atoms with Crippen LogP contribution < -0.4 is 10.6 Å². The van der Waals surface area contributed by atoms with E-state index in [1.54, 1.807) is 4.90 Å². The van der Waals surface area contributed by atoms with E-state index in [9.17, 15) is 15.2 Å². The summed E-state index contributed by atoms with van der Waals surface area (Å²) in [5.41, 5.74) is 5.41. The Balaban J connectivity index is 2.36. The molecule has 2 rings (SSSR count). The average molecular weight is 295 g/mol. The van der Waals surface area contributed by atoms with E-state index in [4.69, 9.17) is 10.9 Å². The highest BCUT2D eigenvalue weighted by atomic mass is 16.6. The molecule has 0 aromatic carbocycles. The molecule has 1 atom stereocenters. The molecule has 1 aliphatic heterocycles. The van der Waals surface area contributed by atoms with Crippen LogP contribution in [0.4, 0.5) is 11.5 Å². The lowest BCUT2D eigenvalue weighted by molar-refractivity contribution is -0.384. The third-order valence-corrected chi connectivity index (χ3v) is 3.52. The molecule has 21 heavy (non-hydrogen) atoms. The van der Waals surface area contributed by atoms with Crippen LogP contribution in [0.1, 0.15) is 18.4 Å². The van der Waals surface area contributed by atoms with E-state index in [1.165, 1.54) is 12.3 Å². The zero-order valence-corrected chi connectivity index (χ0v) is 11.3. The molecular weight excluding hydrogens is 278 g/mol. The van der Waals surface area contributed by atoms with Gasteiger partial charge in [0, 0.05) is 37.5 Å². The lowest BCUT2D eigenvalue weighted by Crippen LogP contribution is -2.37. The van der Waals surface area contributed by atoms with Gasteiger partial charge in [0.15, 0.2) is 5.84 Å². The number of aliphatic hydroxyl groups excluding tert-OH is 1. The highest BCUT2D eigenvalue weighted by Gasteiger charge is 2.27. The van der Waals surface area contributed by atoms with Crippen molar-refractivity contribution >= 4 is 17.3 Å². The van der Waals surface area contributed by atoms with Gasteiger partial charge in [0.05, 0.1) is 4.92 Å². The second-order valence-corrected chi connectivity index (χ2v) is 4.95. The van der Waals surface area contributed by atoms with Gasteiger partial charge >= 0.3 is 5.69 Å². The topological polar surface area (TPSA) is 138 Å². The summed E-state index contributed by atoms with van der Waals surface area (Å²) in [6, 6.07) is 1.24. The predicted molar refractivity (Wildman–Crippen MR) is 75.4 cm³/mol. The Morgan fingerprint density at radius 3 is 3.05 bits per heavy atom. The summed E-state index contributed by atoms with van der Waals surface area (Å²) >= 11 is 0. The summed E-state index contributed by atoms with van der Waals surface area (Å²) < 4.78 is 0. The normalized spacial score (nSPS) is 19.6. The van der Waals surface area contributed by atoms with E-state index < -0.39 is 4.92 Å². The fourth-order valence-electron chi connectivity index (χ4n) is 2.43. The fraction of sp³-hybridized carbons (Fsp3) is 0.500. The highest BCUT2D eigenvalue weighted by Crippen LogP contribution is 2.30. The number of rotatable bonds is 4. The predicted octanol–water partition coefficient (Wildman–Crippen LogP) is 0.293. The summed E-state index contributed by atoms with van der Waals surface area (Å²) in [5.74, 6) is 0.0978. The number of oxime groups is 1. The number of piperidine rings is 1. The smallest absolute Gasteiger partial charge is 0.312 e. The largest absolute Gasteiger partial charge is 0.409 e. The Kier molecular flexibility index (Phi) is 4.53. The number of hydrogen-bond acceptors (Lipinski definition) is 7. The summed E-state index contributed by atoms with van der Waals surface area (Å²) in [5, 5.41) is 31.9. The minimum absolute atomic E-state index is 0.0481. The number of pyridine rings is 1. The highest BCUT2D eigenvalue weighted by molar-refractivity contribution is 5.97. The number of aliphatic hydroxyl groups is 1. The number of nitrogens with two attached hydrogens (primary N) is 1. The van der Waals surface area contributed by atoms with Crippen molar-refractivity contribution in [1.29, 1.82) is 0 Å². The van der Waals surface area contributed by atoms with Crippen LogP contribution in [0.2, 0.25) is 0 Å². The van der Waals surface area contributed by atoms with Gasteiger partial charge in [0.1, 0.15) is 0 Å². The van der Waals surface area contributed by atoms with E-state index in [1.807, 2.05) is 0 Å². The molecule has 0 radical (unpaired) electrons. The Hall–Kier alpha value is -2.42. The van der Waals surface area contributed by atoms with Crippen molar-refractivity contribution in [1.82, 2.24) is 4.98 Å². The number of aromatic nitrogens is 1. The quantitative estimate of drug-likeness (QED) is 0.238. The van der Waals surface area contributed by atoms with E-state index in [0.717, 1.165) is 12.8 Å². The molecule has 9 nitrogen and oxygen atoms in total. The maximum Gasteiger partial charge on any atom is 0.312 e. The van der Waals surface area contributed by atoms with Crippen molar-refractivity contribution in [3.05, 3.63) is 27.9 Å². The maximum absolute atomic E-state index is 11.2. The van der Waals surface area contributed by atoms with Gasteiger partial charge in [-0.1, -0.05) is 5.16 Å². The van der Waals surface area contributed by atoms with E-state index in [-0.39, 0.29) is 35.4 Å². The summed E-state index contributed by atoms with van der Waals surface area (Å²) in [6.45, 7) is 1.22. The third kappa shape index (κ3) is 3.19. The first-order chi connectivity index (χ1) is 10.1. The van der Waals surface area contributed by atoms with E-state index >= 15 is 0 Å². The van der Waals surface area contributed by atoms with Gasteiger partial charge in [-0.3, -0.25) is 10.1 Å². The molecule has 0 saturated carbocycles. The molecule has 114 valence electrons. The van der Waals surface area contributed by atoms with Crippen molar-refractivity contribution in [3.63, 3.8) is 0 Å². The van der Waals surface area contributed by atoms with Crippen LogP contribution in [0.3, 0.4) is 0 Å². The molecule has 1 aliphatic rings. The SMILES string of the molecule is NC(=NO)c1cnc(N2CCCC(CO)C2)c([N+](=O)[O-])c1. The first kappa shape index (κ1) is 15.0. The van der Waals surface area contributed by atoms with Gasteiger partial charge in [0.25, 0.3) is 0 Å². The lowest BCUT2D eigenvalue weighted by Gasteiger charge is -2.32. The molecule has 4 N–H and O–H groups in total. The van der Waals surface area contributed by atoms with Crippen LogP contribution in [0.5, 0.6) is 0 Å². The van der Waals surface area contributed by atoms with Gasteiger partial charge in [-0.15, -0.1) is 0 Å². The van der Waals surface area contributed by atoms with Crippen molar-refractivity contribution < 1.29 is 15.2 Å². The first-order valence-electron chi connectivity index (χ1n) is 6.55. The number of nitrogens with zero attached hydrogens (tertiary/aromatic N) is 4. The number of anilines is 1. The maximum atomic E-state index is 11.2. The van der Waals surface area contributed by atoms with Crippen LogP contribution in [0.25, 0.3) is 0 Å². The molecule has 1 unspecified atom stereocenters. The van der Waals surface area contributed by atoms with Crippen molar-refractivity contribution in [2.24, 2.45) is 16.8 Å². The van der Waals surface area contributed by atoms with Crippen LogP contribution in [0, 0.1) is 16.0 Å². The molecule has 0 bridgehead atoms. The Morgan fingerprint density at radius 1 is 1.67 bits per heavy atom. The molecule has 0 spiro atoms. The summed E-state index contributed by atoms with van der Waals surface area (Å²) in [6.07, 6.45) is 3.06. The number of amidine groups is 1. The van der Waals surface area contributed by atoms with Crippen LogP contribution in [-0.4, -0.2) is 45.8 Å². The van der Waals surface area contributed by atoms with Gasteiger partial charge in [-0.25, -0.2) is 4.98 Å². The van der Waals surface area contributed by atoms with Crippen molar-refractivity contribution in [3.8, 4) is 0 Å². The molecule has 1 fully saturated rings. The third-order valence-electron chi connectivity index (χ3n) is 3.52. The van der Waals surface area contributed by atoms with Crippen LogP contribution in [0.15, 0.2) is 17.4 Å². The zero-order chi connectivity index (χ0) is 15.4. The minimum atomic E-state index is -0.543. The fourth-order valence-corrected chi connectivity index (χ4v) is 2.43. The Labute approximate surface area is 120 Å². The van der Waals surface area contributed by atoms with E-state index in [2.05, 4.69) is 10.1 Å². The summed E-state index contributed by atoms with van der Waals surface area (Å²) in [4.78, 5) is 16.6. The van der Waals surface area contributed by atoms with Gasteiger partial charge in [0.2, 0.25) is 5.82 Å². The van der Waals surface area contributed by atoms with Gasteiger partial charge in [-0.2, -0.15) is 0 Å². The molecule has 2 heterocycles. The minimum Gasteiger partial charge on any atom is -0.409 e. The number of hydrogen-bond donors (Lipinski definition) is 3. The second kappa shape index (κ2) is 6.35. The average Bonchev–Trinajstić information content (AvgIpc) is 2.53. The molecule has 1 saturated heterocycles. The zero-order valence-electron chi connectivity index (χ0n) is 11.3. The van der Waals surface area contributed by atoms with Crippen LogP contribution in [-0.2, 0) is 0 Å². The molecule has 0 amide bonds. The Bertz CT molecular complexity index is 563. The lowest BCUT2D eigenvalue weighted by atomic mass is 9.99. The molecule has 1 aromatic heterocycles. The monoisotopic (exact) mass is 295 g/mol. The molecule has 9 heteroatoms. The molecule has 1 aromatic rings. The standard InChI is InChI=1S/C12H17N5O4/c13-11(15-19)9-4-10(17(20)21)12(14-5-9)16-3-1-2-8(6-16)7-18/h4-5,8,18-19H,1-3,6-7H2,(H2,13,15). The molecular formula is C12H17N5O4. The van der Waals surface area contributed by atoms with Gasteiger partial charge < -0.3 is 20.9 Å². The van der Waals surface area contributed by atoms with E-state index in [0.29, 0.717) is 13.1 Å². The second-order valence-electron chi connectivity index (χ2n) is 4.95. The molecule has 0 aliphatic carbocycles. The first-order valence-corrected chi connectivity index (χ1v) is 6.55. The van der Waals surface area contributed by atoms with Crippen molar-refractivity contribution in [2.75, 3.05) is 24.6 Å². The summed E-state index contributed by atoms with van der Waals surface area (Å²) in [7, 11) is 0.